The van der Waals surface area contributed by atoms with Gasteiger partial charge >= 0.3 is 12.2 Å². The Kier molecular flexibility index (Phi) is 5.74. The summed E-state index contributed by atoms with van der Waals surface area (Å²) in [7, 11) is 1.50. The van der Waals surface area contributed by atoms with E-state index in [-0.39, 0.29) is 12.1 Å². The minimum atomic E-state index is -4.64. The predicted octanol–water partition coefficient (Wildman–Crippen LogP) is 2.41. The van der Waals surface area contributed by atoms with Gasteiger partial charge in [-0.05, 0) is 12.8 Å². The predicted molar refractivity (Wildman–Crippen MR) is 81.2 cm³/mol. The van der Waals surface area contributed by atoms with Crippen molar-refractivity contribution >= 4 is 6.03 Å². The first kappa shape index (κ1) is 18.6. The van der Waals surface area contributed by atoms with Crippen LogP contribution in [0.1, 0.15) is 50.1 Å². The molecule has 1 aromatic rings. The first-order valence-electron chi connectivity index (χ1n) is 8.02. The Morgan fingerprint density at radius 3 is 2.50 bits per heavy atom. The lowest BCUT2D eigenvalue weighted by Crippen LogP contribution is -2.49. The van der Waals surface area contributed by atoms with Gasteiger partial charge in [0.25, 0.3) is 0 Å². The van der Waals surface area contributed by atoms with Crippen molar-refractivity contribution < 1.29 is 23.1 Å². The number of aryl methyl sites for hydroxylation is 1. The van der Waals surface area contributed by atoms with Crippen molar-refractivity contribution in [2.24, 2.45) is 7.05 Å². The number of nitrogens with one attached hydrogen (secondary N) is 2. The molecule has 24 heavy (non-hydrogen) atoms. The summed E-state index contributed by atoms with van der Waals surface area (Å²) in [5.74, 6) is 0. The van der Waals surface area contributed by atoms with Crippen molar-refractivity contribution in [1.82, 2.24) is 20.4 Å². The molecule has 1 fully saturated rings. The van der Waals surface area contributed by atoms with Gasteiger partial charge in [-0.3, -0.25) is 4.68 Å². The molecule has 0 bridgehead atoms. The monoisotopic (exact) mass is 348 g/mol. The number of amides is 2. The second-order valence-corrected chi connectivity index (χ2v) is 6.39. The average molecular weight is 348 g/mol. The molecule has 1 heterocycles. The minimum Gasteiger partial charge on any atom is -0.388 e. The zero-order valence-corrected chi connectivity index (χ0v) is 13.6. The van der Waals surface area contributed by atoms with Gasteiger partial charge in [0.15, 0.2) is 6.04 Å². The van der Waals surface area contributed by atoms with Gasteiger partial charge in [0.1, 0.15) is 0 Å². The van der Waals surface area contributed by atoms with Crippen molar-refractivity contribution in [2.45, 2.75) is 56.3 Å². The number of hydrogen-bond donors (Lipinski definition) is 3. The molecular weight excluding hydrogens is 325 g/mol. The van der Waals surface area contributed by atoms with Crippen LogP contribution < -0.4 is 10.6 Å². The molecular formula is C15H23F3N4O2. The quantitative estimate of drug-likeness (QED) is 0.731. The molecule has 3 N–H and O–H groups in total. The maximum atomic E-state index is 13.2. The van der Waals surface area contributed by atoms with Crippen LogP contribution in [0.5, 0.6) is 0 Å². The van der Waals surface area contributed by atoms with Crippen molar-refractivity contribution in [3.8, 4) is 0 Å². The molecule has 1 saturated carbocycles. The second-order valence-electron chi connectivity index (χ2n) is 6.39. The van der Waals surface area contributed by atoms with Gasteiger partial charge in [-0.1, -0.05) is 25.7 Å². The molecule has 6 nitrogen and oxygen atoms in total. The lowest BCUT2D eigenvalue weighted by atomic mass is 9.94. The number of carbonyl (C=O) groups is 1. The highest BCUT2D eigenvalue weighted by atomic mass is 19.4. The molecule has 0 saturated heterocycles. The number of hydrogen-bond acceptors (Lipinski definition) is 3. The topological polar surface area (TPSA) is 79.2 Å². The van der Waals surface area contributed by atoms with Gasteiger partial charge in [-0.25, -0.2) is 4.79 Å². The maximum Gasteiger partial charge on any atom is 0.413 e. The molecule has 1 aliphatic rings. The fraction of sp³-hybridized carbons (Fsp3) is 0.733. The smallest absolute Gasteiger partial charge is 0.388 e. The highest BCUT2D eigenvalue weighted by Gasteiger charge is 2.43. The Morgan fingerprint density at radius 2 is 2.00 bits per heavy atom. The molecule has 136 valence electrons. The SMILES string of the molecule is Cn1cc(C(NC(=O)NCC2(O)CCCCCC2)C(F)(F)F)cn1. The lowest BCUT2D eigenvalue weighted by Gasteiger charge is -2.27. The number of nitrogens with zero attached hydrogens (tertiary/aromatic N) is 2. The summed E-state index contributed by atoms with van der Waals surface area (Å²) in [6.07, 6.45) is 2.45. The van der Waals surface area contributed by atoms with Crippen molar-refractivity contribution in [2.75, 3.05) is 6.54 Å². The standard InChI is InChI=1S/C15H23F3N4O2/c1-22-9-11(8-20-22)12(15(16,17)18)21-13(23)19-10-14(24)6-4-2-3-5-7-14/h8-9,12,24H,2-7,10H2,1H3,(H2,19,21,23). The molecule has 9 heteroatoms. The third-order valence-electron chi connectivity index (χ3n) is 4.27. The van der Waals surface area contributed by atoms with Gasteiger partial charge in [-0.15, -0.1) is 0 Å². The van der Waals surface area contributed by atoms with E-state index in [1.54, 1.807) is 0 Å². The number of urea groups is 1. The van der Waals surface area contributed by atoms with Gasteiger partial charge in [0.05, 0.1) is 11.8 Å². The van der Waals surface area contributed by atoms with E-state index in [0.29, 0.717) is 12.8 Å². The number of aliphatic hydroxyl groups is 1. The van der Waals surface area contributed by atoms with E-state index >= 15 is 0 Å². The lowest BCUT2D eigenvalue weighted by molar-refractivity contribution is -0.155. The van der Waals surface area contributed by atoms with Gasteiger partial charge in [0, 0.05) is 25.4 Å². The van der Waals surface area contributed by atoms with E-state index in [1.165, 1.54) is 17.9 Å². The van der Waals surface area contributed by atoms with E-state index in [9.17, 15) is 23.1 Å². The van der Waals surface area contributed by atoms with Crippen molar-refractivity contribution in [3.05, 3.63) is 18.0 Å². The fourth-order valence-corrected chi connectivity index (χ4v) is 2.93. The number of rotatable bonds is 4. The summed E-state index contributed by atoms with van der Waals surface area (Å²) in [5.41, 5.74) is -1.19. The molecule has 0 aliphatic heterocycles. The minimum absolute atomic E-state index is 0.0591. The molecule has 2 rings (SSSR count). The van der Waals surface area contributed by atoms with Crippen molar-refractivity contribution in [1.29, 1.82) is 0 Å². The third kappa shape index (κ3) is 5.12. The van der Waals surface area contributed by atoms with E-state index in [2.05, 4.69) is 10.4 Å². The second kappa shape index (κ2) is 7.42. The Balaban J connectivity index is 1.95. The molecule has 1 unspecified atom stereocenters. The van der Waals surface area contributed by atoms with E-state index in [4.69, 9.17) is 0 Å². The van der Waals surface area contributed by atoms with E-state index in [1.807, 2.05) is 5.32 Å². The number of alkyl halides is 3. The highest BCUT2D eigenvalue weighted by Crippen LogP contribution is 2.32. The van der Waals surface area contributed by atoms with E-state index in [0.717, 1.165) is 31.9 Å². The molecule has 2 amide bonds. The maximum absolute atomic E-state index is 13.2. The van der Waals surface area contributed by atoms with Crippen LogP contribution in [-0.2, 0) is 7.05 Å². The summed E-state index contributed by atoms with van der Waals surface area (Å²) in [5, 5.41) is 18.4. The van der Waals surface area contributed by atoms with Crippen molar-refractivity contribution in [3.63, 3.8) is 0 Å². The largest absolute Gasteiger partial charge is 0.413 e. The summed E-state index contributed by atoms with van der Waals surface area (Å²) in [6.45, 7) is -0.0591. The molecule has 1 aliphatic carbocycles. The third-order valence-corrected chi connectivity index (χ3v) is 4.27. The zero-order valence-electron chi connectivity index (χ0n) is 13.6. The summed E-state index contributed by atoms with van der Waals surface area (Å²) in [4.78, 5) is 11.9. The molecule has 1 atom stereocenters. The fourth-order valence-electron chi connectivity index (χ4n) is 2.93. The summed E-state index contributed by atoms with van der Waals surface area (Å²) < 4.78 is 40.7. The van der Waals surface area contributed by atoms with Crippen LogP contribution in [0.25, 0.3) is 0 Å². The van der Waals surface area contributed by atoms with Crippen LogP contribution in [0.3, 0.4) is 0 Å². The zero-order chi connectivity index (χ0) is 17.8. The first-order chi connectivity index (χ1) is 11.2. The molecule has 0 aromatic carbocycles. The van der Waals surface area contributed by atoms with Gasteiger partial charge in [0.2, 0.25) is 0 Å². The van der Waals surface area contributed by atoms with Crippen LogP contribution >= 0.6 is 0 Å². The Bertz CT molecular complexity index is 551. The van der Waals surface area contributed by atoms with Crippen LogP contribution in [0.2, 0.25) is 0 Å². The normalized spacial score (nSPS) is 19.4. The summed E-state index contributed by atoms with van der Waals surface area (Å²) >= 11 is 0. The number of halogens is 3. The van der Waals surface area contributed by atoms with Crippen LogP contribution in [0.4, 0.5) is 18.0 Å². The highest BCUT2D eigenvalue weighted by molar-refractivity contribution is 5.74. The number of aromatic nitrogens is 2. The molecule has 1 aromatic heterocycles. The Hall–Kier alpha value is -1.77. The molecule has 0 radical (unpaired) electrons. The average Bonchev–Trinajstić information content (AvgIpc) is 2.79. The van der Waals surface area contributed by atoms with Gasteiger partial charge in [-0.2, -0.15) is 18.3 Å². The van der Waals surface area contributed by atoms with Crippen LogP contribution in [0, 0.1) is 0 Å². The summed E-state index contributed by atoms with van der Waals surface area (Å²) in [6, 6.07) is -3.10. The number of carbonyl (C=O) groups excluding carboxylic acids is 1. The first-order valence-corrected chi connectivity index (χ1v) is 8.02. The van der Waals surface area contributed by atoms with Crippen LogP contribution in [-0.4, -0.2) is 39.2 Å². The van der Waals surface area contributed by atoms with Gasteiger partial charge < -0.3 is 15.7 Å². The Morgan fingerprint density at radius 1 is 1.38 bits per heavy atom. The van der Waals surface area contributed by atoms with Crippen LogP contribution in [0.15, 0.2) is 12.4 Å². The van der Waals surface area contributed by atoms with E-state index < -0.39 is 23.9 Å². The molecule has 0 spiro atoms. The Labute approximate surface area is 138 Å².